The van der Waals surface area contributed by atoms with Crippen molar-refractivity contribution in [2.24, 2.45) is 0 Å². The quantitative estimate of drug-likeness (QED) is 0.640. The first kappa shape index (κ1) is 20.9. The molecule has 2 rings (SSSR count). The number of rotatable bonds is 8. The third kappa shape index (κ3) is 6.67. The van der Waals surface area contributed by atoms with Crippen LogP contribution in [-0.2, 0) is 21.2 Å². The van der Waals surface area contributed by atoms with Crippen LogP contribution in [0.3, 0.4) is 0 Å². The number of aryl methyl sites for hydroxylation is 1. The van der Waals surface area contributed by atoms with Gasteiger partial charge in [-0.2, -0.15) is 0 Å². The van der Waals surface area contributed by atoms with Gasteiger partial charge in [-0.05, 0) is 49.6 Å². The molecule has 3 N–H and O–H groups in total. The van der Waals surface area contributed by atoms with E-state index >= 15 is 0 Å². The highest BCUT2D eigenvalue weighted by Gasteiger charge is 2.24. The molecule has 0 aromatic heterocycles. The predicted octanol–water partition coefficient (Wildman–Crippen LogP) is 2.53. The molecule has 1 unspecified atom stereocenters. The first-order valence-corrected chi connectivity index (χ1v) is 9.91. The van der Waals surface area contributed by atoms with Crippen molar-refractivity contribution < 1.29 is 23.1 Å². The second-order valence-electron chi connectivity index (χ2n) is 6.45. The molecule has 0 saturated carbocycles. The lowest BCUT2D eigenvalue weighted by atomic mass is 9.97. The Morgan fingerprint density at radius 1 is 1.11 bits per heavy atom. The molecule has 1 amide bonds. The van der Waals surface area contributed by atoms with Crippen molar-refractivity contribution >= 4 is 21.8 Å². The van der Waals surface area contributed by atoms with E-state index in [1.807, 2.05) is 30.3 Å². The molecule has 2 aromatic carbocycles. The van der Waals surface area contributed by atoms with E-state index in [-0.39, 0.29) is 11.4 Å². The fraction of sp³-hybridized carbons (Fsp3) is 0.316. The van der Waals surface area contributed by atoms with E-state index in [1.165, 1.54) is 31.4 Å². The maximum absolute atomic E-state index is 12.4. The molecule has 0 aliphatic carbocycles. The average Bonchev–Trinajstić information content (AvgIpc) is 2.66. The molecule has 0 fully saturated rings. The zero-order valence-electron chi connectivity index (χ0n) is 15.3. The molecule has 0 spiro atoms. The Morgan fingerprint density at radius 2 is 1.74 bits per heavy atom. The molecule has 27 heavy (non-hydrogen) atoms. The number of amides is 1. The van der Waals surface area contributed by atoms with Crippen molar-refractivity contribution in [3.63, 3.8) is 0 Å². The summed E-state index contributed by atoms with van der Waals surface area (Å²) >= 11 is 0. The van der Waals surface area contributed by atoms with E-state index in [1.54, 1.807) is 6.92 Å². The smallest absolute Gasteiger partial charge is 0.411 e. The number of carbonyl (C=O) groups is 1. The van der Waals surface area contributed by atoms with Gasteiger partial charge in [0.05, 0.1) is 17.6 Å². The van der Waals surface area contributed by atoms with Gasteiger partial charge < -0.3 is 9.84 Å². The monoisotopic (exact) mass is 392 g/mol. The highest BCUT2D eigenvalue weighted by Crippen LogP contribution is 2.17. The van der Waals surface area contributed by atoms with Crippen molar-refractivity contribution in [3.8, 4) is 0 Å². The normalized spacial score (nSPS) is 13.6. The lowest BCUT2D eigenvalue weighted by Crippen LogP contribution is -2.40. The first-order valence-electron chi connectivity index (χ1n) is 8.43. The number of ether oxygens (including phenoxy) is 1. The Balaban J connectivity index is 1.93. The zero-order chi connectivity index (χ0) is 19.9. The molecule has 0 aliphatic heterocycles. The van der Waals surface area contributed by atoms with Crippen molar-refractivity contribution in [2.75, 3.05) is 19.0 Å². The molecule has 2 aromatic rings. The van der Waals surface area contributed by atoms with E-state index in [0.717, 1.165) is 5.56 Å². The van der Waals surface area contributed by atoms with Crippen LogP contribution in [0.25, 0.3) is 0 Å². The van der Waals surface area contributed by atoms with Crippen LogP contribution in [-0.4, -0.2) is 38.9 Å². The van der Waals surface area contributed by atoms with Gasteiger partial charge in [-0.25, -0.2) is 17.9 Å². The molecular weight excluding hydrogens is 368 g/mol. The van der Waals surface area contributed by atoms with Gasteiger partial charge in [0.1, 0.15) is 0 Å². The topological polar surface area (TPSA) is 105 Å². The molecule has 1 atom stereocenters. The number of sulfonamides is 1. The van der Waals surface area contributed by atoms with Crippen molar-refractivity contribution in [1.29, 1.82) is 0 Å². The van der Waals surface area contributed by atoms with Gasteiger partial charge in [0.2, 0.25) is 10.0 Å². The average molecular weight is 392 g/mol. The minimum absolute atomic E-state index is 0.0387. The van der Waals surface area contributed by atoms with E-state index in [0.29, 0.717) is 18.5 Å². The van der Waals surface area contributed by atoms with Gasteiger partial charge in [0, 0.05) is 12.2 Å². The Bertz CT molecular complexity index is 849. The van der Waals surface area contributed by atoms with Gasteiger partial charge in [-0.3, -0.25) is 5.32 Å². The van der Waals surface area contributed by atoms with Gasteiger partial charge >= 0.3 is 6.09 Å². The number of benzene rings is 2. The van der Waals surface area contributed by atoms with E-state index in [4.69, 9.17) is 0 Å². The SMILES string of the molecule is COC(=O)Nc1ccc(S(=O)(=O)NCC(C)(O)CCc2ccccc2)cc1. The number of methoxy groups -OCH3 is 1. The molecule has 0 heterocycles. The fourth-order valence-corrected chi connectivity index (χ4v) is 3.53. The van der Waals surface area contributed by atoms with E-state index in [9.17, 15) is 18.3 Å². The minimum atomic E-state index is -3.78. The summed E-state index contributed by atoms with van der Waals surface area (Å²) in [7, 11) is -2.54. The highest BCUT2D eigenvalue weighted by atomic mass is 32.2. The maximum Gasteiger partial charge on any atom is 0.411 e. The maximum atomic E-state index is 12.4. The van der Waals surface area contributed by atoms with Gasteiger partial charge in [0.15, 0.2) is 0 Å². The van der Waals surface area contributed by atoms with Crippen LogP contribution < -0.4 is 10.0 Å². The number of anilines is 1. The van der Waals surface area contributed by atoms with Crippen LogP contribution in [0, 0.1) is 0 Å². The number of aliphatic hydroxyl groups is 1. The summed E-state index contributed by atoms with van der Waals surface area (Å²) < 4.78 is 31.7. The summed E-state index contributed by atoms with van der Waals surface area (Å²) in [5.41, 5.74) is 0.305. The Labute approximate surface area is 159 Å². The molecule has 0 bridgehead atoms. The Kier molecular flexibility index (Phi) is 6.95. The standard InChI is InChI=1S/C19H24N2O5S/c1-19(23,13-12-15-6-4-3-5-7-15)14-20-27(24,25)17-10-8-16(9-11-17)21-18(22)26-2/h3-11,20,23H,12-14H2,1-2H3,(H,21,22). The third-order valence-electron chi connectivity index (χ3n) is 4.03. The van der Waals surface area contributed by atoms with Crippen LogP contribution in [0.4, 0.5) is 10.5 Å². The highest BCUT2D eigenvalue weighted by molar-refractivity contribution is 7.89. The van der Waals surface area contributed by atoms with Gasteiger partial charge in [0.25, 0.3) is 0 Å². The van der Waals surface area contributed by atoms with Crippen molar-refractivity contribution in [2.45, 2.75) is 30.3 Å². The second kappa shape index (κ2) is 8.98. The van der Waals surface area contributed by atoms with Crippen molar-refractivity contribution in [1.82, 2.24) is 4.72 Å². The van der Waals surface area contributed by atoms with Crippen LogP contribution >= 0.6 is 0 Å². The molecule has 0 radical (unpaired) electrons. The van der Waals surface area contributed by atoms with Crippen LogP contribution in [0.2, 0.25) is 0 Å². The Hall–Kier alpha value is -2.42. The van der Waals surface area contributed by atoms with Gasteiger partial charge in [-0.15, -0.1) is 0 Å². The second-order valence-corrected chi connectivity index (χ2v) is 8.22. The Morgan fingerprint density at radius 3 is 2.33 bits per heavy atom. The van der Waals surface area contributed by atoms with Crippen LogP contribution in [0.5, 0.6) is 0 Å². The fourth-order valence-electron chi connectivity index (χ4n) is 2.37. The molecular formula is C19H24N2O5S. The van der Waals surface area contributed by atoms with Gasteiger partial charge in [-0.1, -0.05) is 30.3 Å². The molecule has 146 valence electrons. The number of hydrogen-bond acceptors (Lipinski definition) is 5. The lowest BCUT2D eigenvalue weighted by Gasteiger charge is -2.23. The first-order chi connectivity index (χ1) is 12.7. The van der Waals surface area contributed by atoms with Crippen LogP contribution in [0.15, 0.2) is 59.5 Å². The van der Waals surface area contributed by atoms with Crippen molar-refractivity contribution in [3.05, 3.63) is 60.2 Å². The number of carbonyl (C=O) groups excluding carboxylic acids is 1. The zero-order valence-corrected chi connectivity index (χ0v) is 16.1. The largest absolute Gasteiger partial charge is 0.453 e. The van der Waals surface area contributed by atoms with E-state index < -0.39 is 21.7 Å². The summed E-state index contributed by atoms with van der Waals surface area (Å²) in [6.45, 7) is 1.49. The molecule has 0 aliphatic rings. The lowest BCUT2D eigenvalue weighted by molar-refractivity contribution is 0.0565. The number of nitrogens with one attached hydrogen (secondary N) is 2. The molecule has 0 saturated heterocycles. The predicted molar refractivity (Wildman–Crippen MR) is 103 cm³/mol. The molecule has 7 nitrogen and oxygen atoms in total. The minimum Gasteiger partial charge on any atom is -0.453 e. The summed E-state index contributed by atoms with van der Waals surface area (Å²) in [5.74, 6) is 0. The summed E-state index contributed by atoms with van der Waals surface area (Å²) in [6, 6.07) is 15.3. The summed E-state index contributed by atoms with van der Waals surface area (Å²) in [6.07, 6.45) is 0.420. The third-order valence-corrected chi connectivity index (χ3v) is 5.45. The van der Waals surface area contributed by atoms with Crippen LogP contribution in [0.1, 0.15) is 18.9 Å². The van der Waals surface area contributed by atoms with E-state index in [2.05, 4.69) is 14.8 Å². The summed E-state index contributed by atoms with van der Waals surface area (Å²) in [5, 5.41) is 12.9. The molecule has 8 heteroatoms. The summed E-state index contributed by atoms with van der Waals surface area (Å²) in [4.78, 5) is 11.2. The number of hydrogen-bond donors (Lipinski definition) is 3.